The lowest BCUT2D eigenvalue weighted by Crippen LogP contribution is -2.35. The molecule has 0 saturated carbocycles. The van der Waals surface area contributed by atoms with E-state index in [2.05, 4.69) is 46.9 Å². The Balaban J connectivity index is 0.000000181. The molecule has 0 unspecified atom stereocenters. The first-order valence-electron chi connectivity index (χ1n) is 8.53. The highest BCUT2D eigenvalue weighted by Crippen LogP contribution is 2.23. The van der Waals surface area contributed by atoms with Gasteiger partial charge in [-0.15, -0.1) is 0 Å². The molecule has 1 fully saturated rings. The van der Waals surface area contributed by atoms with E-state index in [-0.39, 0.29) is 6.54 Å². The van der Waals surface area contributed by atoms with Gasteiger partial charge in [0.25, 0.3) is 0 Å². The standard InChI is InChI=1S/C10H8BrN.C9H16F3N/c1-7-4-8-2-3-12-6-9(8)5-10(7)11;1-8-2-5-13(6-3-8)7-4-9(10,11)12/h2-6H,1H3;8H,2-7H2,1H3. The van der Waals surface area contributed by atoms with E-state index in [0.29, 0.717) is 5.92 Å². The lowest BCUT2D eigenvalue weighted by Gasteiger charge is -2.30. The number of benzene rings is 1. The number of alkyl halides is 3. The lowest BCUT2D eigenvalue weighted by molar-refractivity contribution is -0.138. The average molecular weight is 417 g/mol. The molecule has 1 aliphatic heterocycles. The fraction of sp³-hybridized carbons (Fsp3) is 0.526. The van der Waals surface area contributed by atoms with Gasteiger partial charge in [0.1, 0.15) is 0 Å². The summed E-state index contributed by atoms with van der Waals surface area (Å²) >= 11 is 3.49. The summed E-state index contributed by atoms with van der Waals surface area (Å²) in [5.74, 6) is 0.683. The van der Waals surface area contributed by atoms with Gasteiger partial charge in [-0.25, -0.2) is 0 Å². The topological polar surface area (TPSA) is 16.1 Å². The van der Waals surface area contributed by atoms with Gasteiger partial charge in [-0.2, -0.15) is 13.2 Å². The van der Waals surface area contributed by atoms with Crippen LogP contribution in [0, 0.1) is 12.8 Å². The summed E-state index contributed by atoms with van der Waals surface area (Å²) in [6.45, 7) is 6.08. The summed E-state index contributed by atoms with van der Waals surface area (Å²) in [4.78, 5) is 5.97. The first kappa shape index (κ1) is 20.2. The fourth-order valence-electron chi connectivity index (χ4n) is 2.79. The maximum absolute atomic E-state index is 11.9. The number of halogens is 4. The van der Waals surface area contributed by atoms with E-state index < -0.39 is 12.6 Å². The third-order valence-corrected chi connectivity index (χ3v) is 5.36. The molecular formula is C19H24BrF3N2. The Morgan fingerprint density at radius 3 is 2.52 bits per heavy atom. The number of piperidine rings is 1. The van der Waals surface area contributed by atoms with Gasteiger partial charge in [0.05, 0.1) is 6.42 Å². The summed E-state index contributed by atoms with van der Waals surface area (Å²) < 4.78 is 36.7. The summed E-state index contributed by atoms with van der Waals surface area (Å²) in [7, 11) is 0. The van der Waals surface area contributed by atoms with E-state index in [4.69, 9.17) is 0 Å². The van der Waals surface area contributed by atoms with Crippen LogP contribution in [-0.4, -0.2) is 35.7 Å². The Hall–Kier alpha value is -1.14. The second-order valence-corrected chi connectivity index (χ2v) is 7.57. The van der Waals surface area contributed by atoms with E-state index in [9.17, 15) is 13.2 Å². The number of hydrogen-bond acceptors (Lipinski definition) is 2. The highest BCUT2D eigenvalue weighted by atomic mass is 79.9. The first-order valence-corrected chi connectivity index (χ1v) is 9.33. The summed E-state index contributed by atoms with van der Waals surface area (Å²) in [5.41, 5.74) is 1.26. The molecule has 0 N–H and O–H groups in total. The first-order chi connectivity index (χ1) is 11.7. The van der Waals surface area contributed by atoms with Crippen LogP contribution in [0.2, 0.25) is 0 Å². The monoisotopic (exact) mass is 416 g/mol. The molecule has 0 aliphatic carbocycles. The van der Waals surface area contributed by atoms with Crippen molar-refractivity contribution in [2.45, 2.75) is 39.3 Å². The number of aryl methyl sites for hydroxylation is 1. The van der Waals surface area contributed by atoms with Crippen molar-refractivity contribution in [3.8, 4) is 0 Å². The van der Waals surface area contributed by atoms with Gasteiger partial charge in [0.15, 0.2) is 0 Å². The number of rotatable bonds is 2. The maximum Gasteiger partial charge on any atom is 0.390 e. The van der Waals surface area contributed by atoms with Crippen molar-refractivity contribution in [1.29, 1.82) is 0 Å². The summed E-state index contributed by atoms with van der Waals surface area (Å²) in [6.07, 6.45) is 1.11. The Morgan fingerprint density at radius 1 is 1.20 bits per heavy atom. The SMILES string of the molecule is CC1CCN(CCC(F)(F)F)CC1.Cc1cc2ccncc2cc1Br. The zero-order valence-electron chi connectivity index (χ0n) is 14.6. The zero-order chi connectivity index (χ0) is 18.4. The second-order valence-electron chi connectivity index (χ2n) is 6.71. The fourth-order valence-corrected chi connectivity index (χ4v) is 3.15. The molecule has 3 rings (SSSR count). The molecule has 0 amide bonds. The van der Waals surface area contributed by atoms with Crippen molar-refractivity contribution in [3.05, 3.63) is 40.6 Å². The van der Waals surface area contributed by atoms with Crippen LogP contribution >= 0.6 is 15.9 Å². The van der Waals surface area contributed by atoms with Gasteiger partial charge in [-0.05, 0) is 61.9 Å². The van der Waals surface area contributed by atoms with Crippen LogP contribution in [0.25, 0.3) is 10.8 Å². The predicted molar refractivity (Wildman–Crippen MR) is 99.7 cm³/mol. The molecule has 138 valence electrons. The maximum atomic E-state index is 11.9. The van der Waals surface area contributed by atoms with Gasteiger partial charge in [0.2, 0.25) is 0 Å². The minimum Gasteiger partial charge on any atom is -0.303 e. The number of pyridine rings is 1. The van der Waals surface area contributed by atoms with Crippen LogP contribution in [-0.2, 0) is 0 Å². The molecule has 2 aromatic rings. The van der Waals surface area contributed by atoms with E-state index in [0.717, 1.165) is 30.4 Å². The van der Waals surface area contributed by atoms with Crippen molar-refractivity contribution in [2.24, 2.45) is 5.92 Å². The molecule has 1 aromatic heterocycles. The van der Waals surface area contributed by atoms with Crippen LogP contribution in [0.1, 0.15) is 31.7 Å². The Labute approximate surface area is 155 Å². The highest BCUT2D eigenvalue weighted by Gasteiger charge is 2.28. The number of nitrogens with zero attached hydrogens (tertiary/aromatic N) is 2. The molecule has 6 heteroatoms. The number of hydrogen-bond donors (Lipinski definition) is 0. The molecule has 1 aliphatic rings. The molecule has 0 spiro atoms. The lowest BCUT2D eigenvalue weighted by atomic mass is 9.99. The number of aromatic nitrogens is 1. The Bertz CT molecular complexity index is 639. The Kier molecular flexibility index (Phi) is 7.25. The van der Waals surface area contributed by atoms with Crippen molar-refractivity contribution in [2.75, 3.05) is 19.6 Å². The predicted octanol–water partition coefficient (Wildman–Crippen LogP) is 5.98. The summed E-state index contributed by atoms with van der Waals surface area (Å²) in [6, 6.07) is 6.27. The molecule has 1 saturated heterocycles. The molecular weight excluding hydrogens is 393 g/mol. The molecule has 0 radical (unpaired) electrons. The summed E-state index contributed by atoms with van der Waals surface area (Å²) in [5, 5.41) is 2.42. The molecule has 0 atom stereocenters. The third-order valence-electron chi connectivity index (χ3n) is 4.51. The van der Waals surface area contributed by atoms with Crippen molar-refractivity contribution in [3.63, 3.8) is 0 Å². The smallest absolute Gasteiger partial charge is 0.303 e. The van der Waals surface area contributed by atoms with Crippen LogP contribution < -0.4 is 0 Å². The quantitative estimate of drug-likeness (QED) is 0.598. The van der Waals surface area contributed by atoms with E-state index in [1.54, 1.807) is 0 Å². The minimum atomic E-state index is -4.00. The highest BCUT2D eigenvalue weighted by molar-refractivity contribution is 9.10. The molecule has 1 aromatic carbocycles. The number of fused-ring (bicyclic) bond motifs is 1. The van der Waals surface area contributed by atoms with Gasteiger partial charge < -0.3 is 4.90 Å². The van der Waals surface area contributed by atoms with Crippen LogP contribution in [0.4, 0.5) is 13.2 Å². The normalized spacial score (nSPS) is 16.6. The van der Waals surface area contributed by atoms with Crippen molar-refractivity contribution in [1.82, 2.24) is 9.88 Å². The zero-order valence-corrected chi connectivity index (χ0v) is 16.2. The van der Waals surface area contributed by atoms with Crippen molar-refractivity contribution >= 4 is 26.7 Å². The molecule has 2 nitrogen and oxygen atoms in total. The van der Waals surface area contributed by atoms with Gasteiger partial charge in [0, 0.05) is 28.8 Å². The van der Waals surface area contributed by atoms with Crippen molar-refractivity contribution < 1.29 is 13.2 Å². The minimum absolute atomic E-state index is 0.177. The molecule has 0 bridgehead atoms. The van der Waals surface area contributed by atoms with E-state index >= 15 is 0 Å². The van der Waals surface area contributed by atoms with Crippen LogP contribution in [0.3, 0.4) is 0 Å². The van der Waals surface area contributed by atoms with E-state index in [1.807, 2.05) is 23.4 Å². The Morgan fingerprint density at radius 2 is 1.88 bits per heavy atom. The molecule has 25 heavy (non-hydrogen) atoms. The van der Waals surface area contributed by atoms with Gasteiger partial charge in [-0.3, -0.25) is 4.98 Å². The number of likely N-dealkylation sites (tertiary alicyclic amines) is 1. The van der Waals surface area contributed by atoms with Crippen LogP contribution in [0.5, 0.6) is 0 Å². The second kappa shape index (κ2) is 8.99. The van der Waals surface area contributed by atoms with Gasteiger partial charge in [-0.1, -0.05) is 28.9 Å². The van der Waals surface area contributed by atoms with Gasteiger partial charge >= 0.3 is 6.18 Å². The third kappa shape index (κ3) is 6.94. The van der Waals surface area contributed by atoms with E-state index in [1.165, 1.54) is 16.3 Å². The molecule has 2 heterocycles. The largest absolute Gasteiger partial charge is 0.390 e. The average Bonchev–Trinajstić information content (AvgIpc) is 2.55. The van der Waals surface area contributed by atoms with Crippen LogP contribution in [0.15, 0.2) is 35.1 Å².